The lowest BCUT2D eigenvalue weighted by Crippen LogP contribution is -2.47. The molecule has 0 aliphatic carbocycles. The minimum Gasteiger partial charge on any atom is -0.497 e. The van der Waals surface area contributed by atoms with Gasteiger partial charge in [-0.05, 0) is 43.7 Å². The molecule has 0 bridgehead atoms. The second-order valence-electron chi connectivity index (χ2n) is 6.26. The van der Waals surface area contributed by atoms with Crippen LogP contribution in [0.2, 0.25) is 0 Å². The second-order valence-corrected chi connectivity index (χ2v) is 7.31. The fraction of sp³-hybridized carbons (Fsp3) is 0.333. The van der Waals surface area contributed by atoms with Crippen LogP contribution in [0.5, 0.6) is 5.75 Å². The summed E-state index contributed by atoms with van der Waals surface area (Å²) in [6.45, 7) is 4.14. The lowest BCUT2D eigenvalue weighted by molar-refractivity contribution is -0.138. The number of nitrogens with one attached hydrogen (secondary N) is 1. The first-order chi connectivity index (χ1) is 12.9. The van der Waals surface area contributed by atoms with Crippen molar-refractivity contribution in [2.75, 3.05) is 19.9 Å². The SMILES string of the molecule is CNC(=O)C(C)N(Cc1ccc(OC)cc1)C(=O)CSc1ccc(C)cc1. The lowest BCUT2D eigenvalue weighted by atomic mass is 10.1. The quantitative estimate of drug-likeness (QED) is 0.708. The van der Waals surface area contributed by atoms with Gasteiger partial charge in [0.2, 0.25) is 11.8 Å². The molecule has 0 saturated carbocycles. The summed E-state index contributed by atoms with van der Waals surface area (Å²) in [7, 11) is 3.19. The molecule has 1 atom stereocenters. The van der Waals surface area contributed by atoms with Crippen molar-refractivity contribution in [2.24, 2.45) is 0 Å². The number of amides is 2. The topological polar surface area (TPSA) is 58.6 Å². The average molecular weight is 387 g/mol. The number of rotatable bonds is 8. The van der Waals surface area contributed by atoms with Gasteiger partial charge in [0, 0.05) is 18.5 Å². The van der Waals surface area contributed by atoms with Gasteiger partial charge in [0.25, 0.3) is 0 Å². The zero-order chi connectivity index (χ0) is 19.8. The lowest BCUT2D eigenvalue weighted by Gasteiger charge is -2.28. The van der Waals surface area contributed by atoms with Crippen LogP contribution in [0.15, 0.2) is 53.4 Å². The average Bonchev–Trinajstić information content (AvgIpc) is 2.70. The Hall–Kier alpha value is -2.47. The molecule has 2 rings (SSSR count). The standard InChI is InChI=1S/C21H26N2O3S/c1-15-5-11-19(12-6-15)27-14-20(24)23(16(2)21(25)22-3)13-17-7-9-18(26-4)10-8-17/h5-12,16H,13-14H2,1-4H3,(H,22,25). The Morgan fingerprint density at radius 1 is 1.11 bits per heavy atom. The number of hydrogen-bond donors (Lipinski definition) is 1. The summed E-state index contributed by atoms with van der Waals surface area (Å²) in [5.41, 5.74) is 2.13. The Labute approximate surface area is 165 Å². The molecular weight excluding hydrogens is 360 g/mol. The first kappa shape index (κ1) is 20.8. The number of nitrogens with zero attached hydrogens (tertiary/aromatic N) is 1. The van der Waals surface area contributed by atoms with Crippen LogP contribution in [0.25, 0.3) is 0 Å². The van der Waals surface area contributed by atoms with Crippen molar-refractivity contribution in [2.45, 2.75) is 31.3 Å². The van der Waals surface area contributed by atoms with Crippen LogP contribution in [0, 0.1) is 6.92 Å². The van der Waals surface area contributed by atoms with Gasteiger partial charge < -0.3 is 15.0 Å². The largest absolute Gasteiger partial charge is 0.497 e. The minimum atomic E-state index is -0.553. The van der Waals surface area contributed by atoms with Crippen LogP contribution in [0.4, 0.5) is 0 Å². The monoisotopic (exact) mass is 386 g/mol. The Kier molecular flexibility index (Phi) is 7.73. The van der Waals surface area contributed by atoms with E-state index in [1.165, 1.54) is 17.3 Å². The molecule has 2 amide bonds. The maximum Gasteiger partial charge on any atom is 0.242 e. The van der Waals surface area contributed by atoms with Gasteiger partial charge in [-0.25, -0.2) is 0 Å². The third-order valence-electron chi connectivity index (χ3n) is 4.31. The molecule has 5 nitrogen and oxygen atoms in total. The van der Waals surface area contributed by atoms with E-state index in [9.17, 15) is 9.59 Å². The Morgan fingerprint density at radius 2 is 1.74 bits per heavy atom. The van der Waals surface area contributed by atoms with E-state index in [2.05, 4.69) is 5.32 Å². The number of ether oxygens (including phenoxy) is 1. The molecule has 6 heteroatoms. The Balaban J connectivity index is 2.10. The summed E-state index contributed by atoms with van der Waals surface area (Å²) >= 11 is 1.48. The Morgan fingerprint density at radius 3 is 2.30 bits per heavy atom. The van der Waals surface area contributed by atoms with E-state index >= 15 is 0 Å². The molecular formula is C21H26N2O3S. The highest BCUT2D eigenvalue weighted by atomic mass is 32.2. The minimum absolute atomic E-state index is 0.0764. The molecule has 0 spiro atoms. The highest BCUT2D eigenvalue weighted by Crippen LogP contribution is 2.21. The molecule has 1 N–H and O–H groups in total. The number of hydrogen-bond acceptors (Lipinski definition) is 4. The zero-order valence-electron chi connectivity index (χ0n) is 16.2. The van der Waals surface area contributed by atoms with Gasteiger partial charge in [-0.2, -0.15) is 0 Å². The summed E-state index contributed by atoms with van der Waals surface area (Å²) in [5, 5.41) is 2.62. The Bertz CT molecular complexity index is 760. The molecule has 0 saturated heterocycles. The number of carbonyl (C=O) groups is 2. The van der Waals surface area contributed by atoms with Crippen LogP contribution >= 0.6 is 11.8 Å². The van der Waals surface area contributed by atoms with E-state index in [1.54, 1.807) is 26.0 Å². The number of likely N-dealkylation sites (N-methyl/N-ethyl adjacent to an activating group) is 1. The maximum atomic E-state index is 12.9. The van der Waals surface area contributed by atoms with Crippen molar-refractivity contribution in [3.63, 3.8) is 0 Å². The van der Waals surface area contributed by atoms with Crippen LogP contribution in [0.1, 0.15) is 18.1 Å². The van der Waals surface area contributed by atoms with Gasteiger partial charge in [0.1, 0.15) is 11.8 Å². The summed E-state index contributed by atoms with van der Waals surface area (Å²) in [6.07, 6.45) is 0. The fourth-order valence-corrected chi connectivity index (χ4v) is 3.37. The van der Waals surface area contributed by atoms with Gasteiger partial charge in [-0.1, -0.05) is 29.8 Å². The molecule has 0 fully saturated rings. The number of methoxy groups -OCH3 is 1. The van der Waals surface area contributed by atoms with E-state index in [0.29, 0.717) is 6.54 Å². The van der Waals surface area contributed by atoms with E-state index in [-0.39, 0.29) is 17.6 Å². The first-order valence-electron chi connectivity index (χ1n) is 8.78. The van der Waals surface area contributed by atoms with Crippen LogP contribution in [0.3, 0.4) is 0 Å². The third kappa shape index (κ3) is 6.03. The van der Waals surface area contributed by atoms with Gasteiger partial charge in [-0.3, -0.25) is 9.59 Å². The van der Waals surface area contributed by atoms with Crippen molar-refractivity contribution in [1.82, 2.24) is 10.2 Å². The predicted octanol–water partition coefficient (Wildman–Crippen LogP) is 3.26. The molecule has 2 aromatic rings. The molecule has 144 valence electrons. The van der Waals surface area contributed by atoms with Gasteiger partial charge >= 0.3 is 0 Å². The van der Waals surface area contributed by atoms with E-state index in [4.69, 9.17) is 4.74 Å². The third-order valence-corrected chi connectivity index (χ3v) is 5.31. The van der Waals surface area contributed by atoms with E-state index in [1.807, 2.05) is 55.5 Å². The highest BCUT2D eigenvalue weighted by molar-refractivity contribution is 8.00. The molecule has 2 aromatic carbocycles. The summed E-state index contributed by atoms with van der Waals surface area (Å²) in [6, 6.07) is 15.0. The predicted molar refractivity (Wildman–Crippen MR) is 109 cm³/mol. The van der Waals surface area contributed by atoms with Crippen molar-refractivity contribution < 1.29 is 14.3 Å². The molecule has 0 aliphatic heterocycles. The van der Waals surface area contributed by atoms with Crippen molar-refractivity contribution in [3.8, 4) is 5.75 Å². The van der Waals surface area contributed by atoms with Gasteiger partial charge in [-0.15, -0.1) is 11.8 Å². The summed E-state index contributed by atoms with van der Waals surface area (Å²) in [5.74, 6) is 0.774. The number of carbonyl (C=O) groups excluding carboxylic acids is 2. The van der Waals surface area contributed by atoms with E-state index < -0.39 is 6.04 Å². The second kappa shape index (κ2) is 10.0. The summed E-state index contributed by atoms with van der Waals surface area (Å²) in [4.78, 5) is 27.6. The van der Waals surface area contributed by atoms with E-state index in [0.717, 1.165) is 16.2 Å². The normalized spacial score (nSPS) is 11.6. The van der Waals surface area contributed by atoms with Crippen LogP contribution in [-0.2, 0) is 16.1 Å². The fourth-order valence-electron chi connectivity index (χ4n) is 2.58. The maximum absolute atomic E-state index is 12.9. The van der Waals surface area contributed by atoms with Crippen molar-refractivity contribution >= 4 is 23.6 Å². The van der Waals surface area contributed by atoms with Gasteiger partial charge in [0.05, 0.1) is 12.9 Å². The van der Waals surface area contributed by atoms with Crippen LogP contribution < -0.4 is 10.1 Å². The molecule has 0 aromatic heterocycles. The molecule has 27 heavy (non-hydrogen) atoms. The number of thioether (sulfide) groups is 1. The van der Waals surface area contributed by atoms with Crippen LogP contribution in [-0.4, -0.2) is 42.7 Å². The molecule has 0 heterocycles. The highest BCUT2D eigenvalue weighted by Gasteiger charge is 2.25. The molecule has 0 radical (unpaired) electrons. The number of benzene rings is 2. The number of aryl methyl sites for hydroxylation is 1. The van der Waals surface area contributed by atoms with Gasteiger partial charge in [0.15, 0.2) is 0 Å². The first-order valence-corrected chi connectivity index (χ1v) is 9.76. The summed E-state index contributed by atoms with van der Waals surface area (Å²) < 4.78 is 5.17. The molecule has 0 aliphatic rings. The zero-order valence-corrected chi connectivity index (χ0v) is 17.0. The van der Waals surface area contributed by atoms with Crippen molar-refractivity contribution in [3.05, 3.63) is 59.7 Å². The van der Waals surface area contributed by atoms with Crippen molar-refractivity contribution in [1.29, 1.82) is 0 Å². The smallest absolute Gasteiger partial charge is 0.242 e. The molecule has 1 unspecified atom stereocenters.